The van der Waals surface area contributed by atoms with Crippen LogP contribution in [-0.4, -0.2) is 55.5 Å². The van der Waals surface area contributed by atoms with Gasteiger partial charge in [0.05, 0.1) is 18.8 Å². The van der Waals surface area contributed by atoms with E-state index in [-0.39, 0.29) is 27.9 Å². The summed E-state index contributed by atoms with van der Waals surface area (Å²) in [5, 5.41) is 12.2. The first-order valence-electron chi connectivity index (χ1n) is 12.0. The number of hydrogen-bond acceptors (Lipinski definition) is 8. The molecule has 212 valence electrons. The molecule has 0 saturated carbocycles. The molecule has 1 aromatic carbocycles. The molecule has 2 amide bonds. The molecule has 3 aromatic rings. The number of pyridine rings is 1. The smallest absolute Gasteiger partial charge is 0.435 e. The van der Waals surface area contributed by atoms with Gasteiger partial charge in [0.1, 0.15) is 16.9 Å². The van der Waals surface area contributed by atoms with Crippen LogP contribution in [0.25, 0.3) is 0 Å². The Morgan fingerprint density at radius 3 is 2.60 bits per heavy atom. The molecular weight excluding hydrogens is 556 g/mol. The van der Waals surface area contributed by atoms with E-state index in [2.05, 4.69) is 25.8 Å². The Labute approximate surface area is 229 Å². The quantitative estimate of drug-likeness (QED) is 0.244. The molecule has 1 fully saturated rings. The SMILES string of the molecule is Cc1nc(F)ccc1Oc1nnc(C(F)(F)F)c(C)c1C(=O)Nc1cccc([S+]([O-])N(C)C(=O)[C@@H]2CCCN2)c1. The maximum Gasteiger partial charge on any atom is 0.435 e. The maximum atomic E-state index is 13.6. The Hall–Kier alpha value is -3.82. The second kappa shape index (κ2) is 11.7. The van der Waals surface area contributed by atoms with Crippen molar-refractivity contribution < 1.29 is 36.4 Å². The van der Waals surface area contributed by atoms with Gasteiger partial charge in [-0.3, -0.25) is 9.59 Å². The van der Waals surface area contributed by atoms with Crippen LogP contribution in [0.5, 0.6) is 11.6 Å². The Bertz CT molecular complexity index is 1430. The number of likely N-dealkylation sites (N-methyl/N-ethyl adjacent to an activating group) is 1. The lowest BCUT2D eigenvalue weighted by molar-refractivity contribution is -0.142. The molecule has 0 radical (unpaired) electrons. The first-order chi connectivity index (χ1) is 18.9. The number of ether oxygens (including phenoxy) is 1. The zero-order valence-corrected chi connectivity index (χ0v) is 22.3. The van der Waals surface area contributed by atoms with Crippen LogP contribution in [0.1, 0.15) is 40.2 Å². The van der Waals surface area contributed by atoms with Gasteiger partial charge in [-0.05, 0) is 63.1 Å². The maximum absolute atomic E-state index is 13.6. The van der Waals surface area contributed by atoms with Crippen molar-refractivity contribution in [2.24, 2.45) is 0 Å². The number of anilines is 1. The summed E-state index contributed by atoms with van der Waals surface area (Å²) in [6.45, 7) is 3.12. The zero-order chi connectivity index (χ0) is 29.2. The second-order valence-corrected chi connectivity index (χ2v) is 10.4. The van der Waals surface area contributed by atoms with Gasteiger partial charge in [0.15, 0.2) is 16.3 Å². The van der Waals surface area contributed by atoms with E-state index in [9.17, 15) is 31.7 Å². The molecule has 4 rings (SSSR count). The summed E-state index contributed by atoms with van der Waals surface area (Å²) in [7, 11) is 1.39. The predicted octanol–water partition coefficient (Wildman–Crippen LogP) is 3.92. The summed E-state index contributed by atoms with van der Waals surface area (Å²) in [4.78, 5) is 29.7. The van der Waals surface area contributed by atoms with Crippen LogP contribution in [0.3, 0.4) is 0 Å². The van der Waals surface area contributed by atoms with Gasteiger partial charge >= 0.3 is 6.18 Å². The lowest BCUT2D eigenvalue weighted by atomic mass is 10.1. The van der Waals surface area contributed by atoms with Gasteiger partial charge in [-0.25, -0.2) is 4.98 Å². The molecule has 0 bridgehead atoms. The molecule has 3 heterocycles. The number of rotatable bonds is 7. The molecule has 15 heteroatoms. The molecule has 1 aliphatic heterocycles. The summed E-state index contributed by atoms with van der Waals surface area (Å²) in [5.74, 6) is -2.79. The third-order valence-corrected chi connectivity index (χ3v) is 7.44. The number of carbonyl (C=O) groups is 2. The van der Waals surface area contributed by atoms with Gasteiger partial charge in [-0.1, -0.05) is 6.07 Å². The topological polar surface area (TPSA) is 132 Å². The minimum absolute atomic E-state index is 0.0502. The van der Waals surface area contributed by atoms with Gasteiger partial charge in [0.25, 0.3) is 17.7 Å². The lowest BCUT2D eigenvalue weighted by Gasteiger charge is -2.22. The number of nitrogens with one attached hydrogen (secondary N) is 2. The van der Waals surface area contributed by atoms with Crippen molar-refractivity contribution in [3.8, 4) is 11.6 Å². The third kappa shape index (κ3) is 6.32. The van der Waals surface area contributed by atoms with E-state index >= 15 is 0 Å². The van der Waals surface area contributed by atoms with Gasteiger partial charge in [0.2, 0.25) is 5.95 Å². The number of halogens is 4. The van der Waals surface area contributed by atoms with E-state index in [1.807, 2.05) is 0 Å². The minimum atomic E-state index is -4.92. The molecule has 1 aliphatic rings. The van der Waals surface area contributed by atoms with Crippen molar-refractivity contribution >= 4 is 28.9 Å². The molecule has 2 N–H and O–H groups in total. The minimum Gasteiger partial charge on any atom is -0.588 e. The third-order valence-electron chi connectivity index (χ3n) is 6.10. The van der Waals surface area contributed by atoms with Gasteiger partial charge in [-0.2, -0.15) is 21.9 Å². The highest BCUT2D eigenvalue weighted by molar-refractivity contribution is 7.89. The molecule has 10 nitrogen and oxygen atoms in total. The standard InChI is InChI=1S/C25H24F4N6O4S/c1-13-20(23(34-33-21(13)25(27,28)29)39-18-9-10-19(26)31-14(18)2)22(36)32-15-6-4-7-16(12-15)40(38)35(3)24(37)17-8-5-11-30-17/h4,6-7,9-10,12,17,30H,5,8,11H2,1-3H3,(H,32,36)/t17-,40?/m0/s1. The molecule has 2 atom stereocenters. The van der Waals surface area contributed by atoms with E-state index < -0.39 is 58.1 Å². The number of benzene rings is 1. The number of aromatic nitrogens is 3. The number of carbonyl (C=O) groups excluding carboxylic acids is 2. The Morgan fingerprint density at radius 2 is 1.95 bits per heavy atom. The lowest BCUT2D eigenvalue weighted by Crippen LogP contribution is -2.44. The fourth-order valence-corrected chi connectivity index (χ4v) is 5.10. The van der Waals surface area contributed by atoms with Crippen molar-refractivity contribution in [1.82, 2.24) is 24.8 Å². The predicted molar refractivity (Wildman–Crippen MR) is 135 cm³/mol. The monoisotopic (exact) mass is 580 g/mol. The van der Waals surface area contributed by atoms with Gasteiger partial charge in [-0.15, -0.1) is 10.2 Å². The van der Waals surface area contributed by atoms with Crippen LogP contribution in [0.2, 0.25) is 0 Å². The number of alkyl halides is 3. The van der Waals surface area contributed by atoms with E-state index in [1.165, 1.54) is 44.3 Å². The fraction of sp³-hybridized carbons (Fsp3) is 0.320. The van der Waals surface area contributed by atoms with Crippen molar-refractivity contribution in [3.05, 3.63) is 64.9 Å². The van der Waals surface area contributed by atoms with Crippen molar-refractivity contribution in [2.75, 3.05) is 18.9 Å². The van der Waals surface area contributed by atoms with Gasteiger partial charge in [0, 0.05) is 11.8 Å². The summed E-state index contributed by atoms with van der Waals surface area (Å²) in [5.41, 5.74) is -2.37. The zero-order valence-electron chi connectivity index (χ0n) is 21.5. The van der Waals surface area contributed by atoms with Crippen LogP contribution in [0, 0.1) is 19.8 Å². The Balaban J connectivity index is 1.63. The van der Waals surface area contributed by atoms with Crippen LogP contribution in [0.4, 0.5) is 23.2 Å². The Kier molecular flexibility index (Phi) is 8.56. The first kappa shape index (κ1) is 29.2. The molecule has 1 unspecified atom stereocenters. The van der Waals surface area contributed by atoms with Crippen molar-refractivity contribution in [2.45, 2.75) is 43.8 Å². The molecule has 40 heavy (non-hydrogen) atoms. The average molecular weight is 581 g/mol. The van der Waals surface area contributed by atoms with Gasteiger partial charge < -0.3 is 19.9 Å². The molecule has 0 aliphatic carbocycles. The van der Waals surface area contributed by atoms with E-state index in [1.54, 1.807) is 0 Å². The summed E-state index contributed by atoms with van der Waals surface area (Å²) >= 11 is -1.92. The Morgan fingerprint density at radius 1 is 1.20 bits per heavy atom. The average Bonchev–Trinajstić information content (AvgIpc) is 3.43. The highest BCUT2D eigenvalue weighted by atomic mass is 32.2. The van der Waals surface area contributed by atoms with Crippen LogP contribution < -0.4 is 15.4 Å². The first-order valence-corrected chi connectivity index (χ1v) is 13.1. The van der Waals surface area contributed by atoms with Crippen LogP contribution in [-0.2, 0) is 22.3 Å². The summed E-state index contributed by atoms with van der Waals surface area (Å²) < 4.78 is 73.8. The molecule has 1 saturated heterocycles. The number of amides is 2. The van der Waals surface area contributed by atoms with E-state index in [4.69, 9.17) is 4.74 Å². The molecular formula is C25H24F4N6O4S. The number of nitrogens with zero attached hydrogens (tertiary/aromatic N) is 4. The van der Waals surface area contributed by atoms with E-state index in [0.29, 0.717) is 13.0 Å². The van der Waals surface area contributed by atoms with Crippen molar-refractivity contribution in [1.29, 1.82) is 0 Å². The largest absolute Gasteiger partial charge is 0.588 e. The normalized spacial score (nSPS) is 15.9. The molecule has 0 spiro atoms. The number of hydrogen-bond donors (Lipinski definition) is 2. The number of aryl methyl sites for hydroxylation is 1. The van der Waals surface area contributed by atoms with Crippen LogP contribution >= 0.6 is 0 Å². The fourth-order valence-electron chi connectivity index (χ4n) is 4.07. The highest BCUT2D eigenvalue weighted by Gasteiger charge is 2.38. The second-order valence-electron chi connectivity index (χ2n) is 8.89. The summed E-state index contributed by atoms with van der Waals surface area (Å²) in [6, 6.07) is 7.44. The van der Waals surface area contributed by atoms with Crippen LogP contribution in [0.15, 0.2) is 41.3 Å². The summed E-state index contributed by atoms with van der Waals surface area (Å²) in [6.07, 6.45) is -3.48. The highest BCUT2D eigenvalue weighted by Crippen LogP contribution is 2.35. The van der Waals surface area contributed by atoms with Crippen molar-refractivity contribution in [3.63, 3.8) is 0 Å². The van der Waals surface area contributed by atoms with E-state index in [0.717, 1.165) is 23.7 Å². The molecule has 2 aromatic heterocycles.